The van der Waals surface area contributed by atoms with Gasteiger partial charge >= 0.3 is 5.97 Å². The number of carbonyl (C=O) groups is 2. The van der Waals surface area contributed by atoms with Gasteiger partial charge in [-0.15, -0.1) is 0 Å². The Morgan fingerprint density at radius 2 is 1.58 bits per heavy atom. The smallest absolute Gasteiger partial charge is 0.325 e. The summed E-state index contributed by atoms with van der Waals surface area (Å²) >= 11 is 0. The molecule has 1 amide bonds. The van der Waals surface area contributed by atoms with Gasteiger partial charge in [-0.2, -0.15) is 0 Å². The molecule has 0 N–H and O–H groups in total. The fourth-order valence-electron chi connectivity index (χ4n) is 2.18. The van der Waals surface area contributed by atoms with Crippen molar-refractivity contribution in [2.45, 2.75) is 66.3 Å². The molecule has 0 aromatic heterocycles. The lowest BCUT2D eigenvalue weighted by molar-refractivity contribution is -0.151. The summed E-state index contributed by atoms with van der Waals surface area (Å²) in [5, 5.41) is 0. The zero-order valence-corrected chi connectivity index (χ0v) is 13.1. The molecule has 0 rings (SSSR count). The van der Waals surface area contributed by atoms with Crippen LogP contribution in [0.2, 0.25) is 0 Å². The largest absolute Gasteiger partial charge is 0.465 e. The quantitative estimate of drug-likeness (QED) is 0.606. The van der Waals surface area contributed by atoms with Gasteiger partial charge in [0.05, 0.1) is 6.61 Å². The highest BCUT2D eigenvalue weighted by molar-refractivity contribution is 5.84. The van der Waals surface area contributed by atoms with Crippen LogP contribution >= 0.6 is 0 Å². The lowest BCUT2D eigenvalue weighted by atomic mass is 9.96. The molecule has 0 bridgehead atoms. The van der Waals surface area contributed by atoms with Gasteiger partial charge in [0, 0.05) is 12.0 Å². The van der Waals surface area contributed by atoms with Gasteiger partial charge in [0.1, 0.15) is 6.54 Å². The molecule has 0 saturated carbocycles. The second kappa shape index (κ2) is 9.82. The second-order valence-electron chi connectivity index (χ2n) is 5.14. The van der Waals surface area contributed by atoms with E-state index in [1.807, 2.05) is 13.8 Å². The molecule has 0 aromatic carbocycles. The first-order valence-corrected chi connectivity index (χ1v) is 7.43. The lowest BCUT2D eigenvalue weighted by Gasteiger charge is -2.29. The van der Waals surface area contributed by atoms with E-state index in [1.165, 1.54) is 0 Å². The summed E-state index contributed by atoms with van der Waals surface area (Å²) in [7, 11) is 0. The molecule has 0 heterocycles. The third-order valence-electron chi connectivity index (χ3n) is 3.13. The minimum atomic E-state index is -0.323. The third kappa shape index (κ3) is 6.60. The molecule has 0 aliphatic rings. The zero-order chi connectivity index (χ0) is 14.8. The van der Waals surface area contributed by atoms with Crippen molar-refractivity contribution >= 4 is 11.9 Å². The first-order valence-electron chi connectivity index (χ1n) is 7.43. The molecule has 4 nitrogen and oxygen atoms in total. The molecule has 4 heteroatoms. The van der Waals surface area contributed by atoms with Gasteiger partial charge in [0.25, 0.3) is 0 Å². The number of carbonyl (C=O) groups excluding carboxylic acids is 2. The molecular weight excluding hydrogens is 242 g/mol. The molecule has 0 unspecified atom stereocenters. The van der Waals surface area contributed by atoms with E-state index in [9.17, 15) is 9.59 Å². The Hall–Kier alpha value is -1.06. The molecule has 0 radical (unpaired) electrons. The number of hydrogen-bond donors (Lipinski definition) is 0. The summed E-state index contributed by atoms with van der Waals surface area (Å²) in [5.74, 6) is -0.199. The Morgan fingerprint density at radius 3 is 1.95 bits per heavy atom. The van der Waals surface area contributed by atoms with E-state index in [2.05, 4.69) is 13.8 Å². The third-order valence-corrected chi connectivity index (χ3v) is 3.13. The summed E-state index contributed by atoms with van der Waals surface area (Å²) in [5.41, 5.74) is 0. The van der Waals surface area contributed by atoms with Crippen molar-refractivity contribution in [3.63, 3.8) is 0 Å². The second-order valence-corrected chi connectivity index (χ2v) is 5.14. The van der Waals surface area contributed by atoms with E-state index in [1.54, 1.807) is 11.8 Å². The van der Waals surface area contributed by atoms with Gasteiger partial charge in [-0.05, 0) is 33.6 Å². The molecule has 0 atom stereocenters. The van der Waals surface area contributed by atoms with Crippen molar-refractivity contribution in [1.82, 2.24) is 4.90 Å². The fourth-order valence-corrected chi connectivity index (χ4v) is 2.18. The zero-order valence-electron chi connectivity index (χ0n) is 13.1. The first-order chi connectivity index (χ1) is 8.97. The standard InChI is InChI=1S/C15H29NO3/c1-6-9-13(10-7-2)15(18)16(12(4)5)11-14(17)19-8-3/h12-13H,6-11H2,1-5H3. The summed E-state index contributed by atoms with van der Waals surface area (Å²) in [4.78, 5) is 25.8. The van der Waals surface area contributed by atoms with Crippen LogP contribution in [-0.2, 0) is 14.3 Å². The predicted octanol–water partition coefficient (Wildman–Crippen LogP) is 3.00. The molecule has 0 aliphatic carbocycles. The minimum absolute atomic E-state index is 0.0214. The van der Waals surface area contributed by atoms with Gasteiger partial charge in [0.15, 0.2) is 0 Å². The van der Waals surface area contributed by atoms with Crippen LogP contribution < -0.4 is 0 Å². The molecule has 0 spiro atoms. The fraction of sp³-hybridized carbons (Fsp3) is 0.867. The molecular formula is C15H29NO3. The highest BCUT2D eigenvalue weighted by atomic mass is 16.5. The first kappa shape index (κ1) is 17.9. The maximum Gasteiger partial charge on any atom is 0.325 e. The number of amides is 1. The van der Waals surface area contributed by atoms with Crippen molar-refractivity contribution < 1.29 is 14.3 Å². The summed E-state index contributed by atoms with van der Waals surface area (Å²) < 4.78 is 4.94. The van der Waals surface area contributed by atoms with Crippen molar-refractivity contribution in [3.05, 3.63) is 0 Å². The molecule has 19 heavy (non-hydrogen) atoms. The van der Waals surface area contributed by atoms with E-state index in [-0.39, 0.29) is 30.4 Å². The average Bonchev–Trinajstić information content (AvgIpc) is 2.35. The van der Waals surface area contributed by atoms with Crippen LogP contribution in [0.1, 0.15) is 60.3 Å². The maximum absolute atomic E-state index is 12.5. The van der Waals surface area contributed by atoms with E-state index < -0.39 is 0 Å². The highest BCUT2D eigenvalue weighted by Gasteiger charge is 2.26. The predicted molar refractivity (Wildman–Crippen MR) is 76.8 cm³/mol. The number of nitrogens with zero attached hydrogens (tertiary/aromatic N) is 1. The van der Waals surface area contributed by atoms with Gasteiger partial charge in [-0.25, -0.2) is 0 Å². The topological polar surface area (TPSA) is 46.6 Å². The van der Waals surface area contributed by atoms with Crippen molar-refractivity contribution in [2.24, 2.45) is 5.92 Å². The van der Waals surface area contributed by atoms with Crippen molar-refractivity contribution in [2.75, 3.05) is 13.2 Å². The number of hydrogen-bond acceptors (Lipinski definition) is 3. The van der Waals surface area contributed by atoms with Crippen LogP contribution in [0.3, 0.4) is 0 Å². The maximum atomic E-state index is 12.5. The van der Waals surface area contributed by atoms with E-state index in [4.69, 9.17) is 4.74 Å². The van der Waals surface area contributed by atoms with E-state index >= 15 is 0 Å². The molecule has 0 saturated heterocycles. The Balaban J connectivity index is 4.74. The van der Waals surface area contributed by atoms with Crippen molar-refractivity contribution in [3.8, 4) is 0 Å². The Labute approximate surface area is 117 Å². The number of rotatable bonds is 9. The number of ether oxygens (including phenoxy) is 1. The summed E-state index contributed by atoms with van der Waals surface area (Å²) in [6.07, 6.45) is 3.75. The van der Waals surface area contributed by atoms with Crippen LogP contribution in [-0.4, -0.2) is 36.0 Å². The molecule has 0 fully saturated rings. The minimum Gasteiger partial charge on any atom is -0.465 e. The van der Waals surface area contributed by atoms with Gasteiger partial charge < -0.3 is 9.64 Å². The Kier molecular flexibility index (Phi) is 9.27. The summed E-state index contributed by atoms with van der Waals surface area (Å²) in [6, 6.07) is 0.0214. The number of esters is 1. The summed E-state index contributed by atoms with van der Waals surface area (Å²) in [6.45, 7) is 10.2. The monoisotopic (exact) mass is 271 g/mol. The molecule has 112 valence electrons. The van der Waals surface area contributed by atoms with Crippen molar-refractivity contribution in [1.29, 1.82) is 0 Å². The van der Waals surface area contributed by atoms with Crippen LogP contribution in [0.4, 0.5) is 0 Å². The average molecular weight is 271 g/mol. The van der Waals surface area contributed by atoms with E-state index in [0.717, 1.165) is 25.7 Å². The van der Waals surface area contributed by atoms with Gasteiger partial charge in [-0.3, -0.25) is 9.59 Å². The van der Waals surface area contributed by atoms with Crippen LogP contribution in [0.25, 0.3) is 0 Å². The molecule has 0 aromatic rings. The SMILES string of the molecule is CCCC(CCC)C(=O)N(CC(=O)OCC)C(C)C. The lowest BCUT2D eigenvalue weighted by Crippen LogP contribution is -2.44. The van der Waals surface area contributed by atoms with Crippen LogP contribution in [0.15, 0.2) is 0 Å². The molecule has 0 aliphatic heterocycles. The van der Waals surface area contributed by atoms with E-state index in [0.29, 0.717) is 6.61 Å². The van der Waals surface area contributed by atoms with Crippen LogP contribution in [0.5, 0.6) is 0 Å². The normalized spacial score (nSPS) is 10.9. The Morgan fingerprint density at radius 1 is 1.05 bits per heavy atom. The van der Waals surface area contributed by atoms with Gasteiger partial charge in [0.2, 0.25) is 5.91 Å². The van der Waals surface area contributed by atoms with Crippen LogP contribution in [0, 0.1) is 5.92 Å². The highest BCUT2D eigenvalue weighted by Crippen LogP contribution is 2.18. The Bertz CT molecular complexity index is 271. The van der Waals surface area contributed by atoms with Gasteiger partial charge in [-0.1, -0.05) is 26.7 Å².